The molecule has 1 aliphatic rings. The van der Waals surface area contributed by atoms with Crippen molar-refractivity contribution >= 4 is 11.6 Å². The number of nitrogen functional groups attached to an aromatic ring is 1. The van der Waals surface area contributed by atoms with Gasteiger partial charge in [0.05, 0.1) is 0 Å². The van der Waals surface area contributed by atoms with Gasteiger partial charge in [0.25, 0.3) is 0 Å². The second-order valence-electron chi connectivity index (χ2n) is 5.20. The van der Waals surface area contributed by atoms with Crippen molar-refractivity contribution in [2.75, 3.05) is 23.7 Å². The maximum atomic E-state index is 6.01. The van der Waals surface area contributed by atoms with Crippen LogP contribution in [-0.2, 0) is 6.42 Å². The van der Waals surface area contributed by atoms with E-state index in [2.05, 4.69) is 28.7 Å². The molecule has 4 heteroatoms. The maximum absolute atomic E-state index is 6.01. The first-order valence-corrected chi connectivity index (χ1v) is 7.10. The Morgan fingerprint density at radius 3 is 2.67 bits per heavy atom. The zero-order chi connectivity index (χ0) is 13.0. The van der Waals surface area contributed by atoms with Crippen molar-refractivity contribution in [1.82, 2.24) is 9.97 Å². The summed E-state index contributed by atoms with van der Waals surface area (Å²) >= 11 is 0. The topological polar surface area (TPSA) is 55.0 Å². The lowest BCUT2D eigenvalue weighted by Crippen LogP contribution is -2.29. The molecule has 0 radical (unpaired) electrons. The molecule has 0 spiro atoms. The number of nitrogens with two attached hydrogens (primary N) is 1. The first-order chi connectivity index (χ1) is 8.76. The first kappa shape index (κ1) is 13.1. The molecule has 0 aliphatic heterocycles. The van der Waals surface area contributed by atoms with Crippen molar-refractivity contribution in [2.45, 2.75) is 46.0 Å². The van der Waals surface area contributed by atoms with Gasteiger partial charge in [0.2, 0.25) is 0 Å². The van der Waals surface area contributed by atoms with Crippen LogP contribution in [0.3, 0.4) is 0 Å². The van der Waals surface area contributed by atoms with Gasteiger partial charge in [0.15, 0.2) is 0 Å². The molecule has 4 nitrogen and oxygen atoms in total. The summed E-state index contributed by atoms with van der Waals surface area (Å²) in [4.78, 5) is 11.0. The van der Waals surface area contributed by atoms with Gasteiger partial charge in [-0.2, -0.15) is 0 Å². The molecule has 1 aromatic rings. The average Bonchev–Trinajstić information content (AvgIpc) is 3.15. The third kappa shape index (κ3) is 3.12. The molecule has 100 valence electrons. The molecule has 0 unspecified atom stereocenters. The summed E-state index contributed by atoms with van der Waals surface area (Å²) < 4.78 is 0. The van der Waals surface area contributed by atoms with Crippen molar-refractivity contribution in [2.24, 2.45) is 5.92 Å². The molecule has 1 saturated carbocycles. The molecule has 0 aromatic carbocycles. The molecule has 1 heterocycles. The van der Waals surface area contributed by atoms with Crippen LogP contribution in [0.15, 0.2) is 6.33 Å². The fourth-order valence-electron chi connectivity index (χ4n) is 2.34. The third-order valence-electron chi connectivity index (χ3n) is 3.42. The summed E-state index contributed by atoms with van der Waals surface area (Å²) in [5, 5.41) is 0. The normalized spacial score (nSPS) is 14.8. The Morgan fingerprint density at radius 1 is 1.28 bits per heavy atom. The van der Waals surface area contributed by atoms with Gasteiger partial charge in [-0.05, 0) is 31.6 Å². The zero-order valence-electron chi connectivity index (χ0n) is 11.5. The van der Waals surface area contributed by atoms with E-state index in [0.717, 1.165) is 49.7 Å². The Balaban J connectivity index is 2.23. The molecule has 0 amide bonds. The van der Waals surface area contributed by atoms with Crippen LogP contribution in [0.2, 0.25) is 0 Å². The van der Waals surface area contributed by atoms with Crippen LogP contribution < -0.4 is 10.6 Å². The quantitative estimate of drug-likeness (QED) is 0.806. The Bertz CT molecular complexity index is 387. The summed E-state index contributed by atoms with van der Waals surface area (Å²) in [6, 6.07) is 0. The van der Waals surface area contributed by atoms with E-state index in [9.17, 15) is 0 Å². The molecule has 1 aliphatic carbocycles. The average molecular weight is 248 g/mol. The Kier molecular flexibility index (Phi) is 4.39. The van der Waals surface area contributed by atoms with E-state index in [1.165, 1.54) is 12.8 Å². The minimum atomic E-state index is 0.652. The fourth-order valence-corrected chi connectivity index (χ4v) is 2.34. The summed E-state index contributed by atoms with van der Waals surface area (Å²) in [5.41, 5.74) is 7.14. The van der Waals surface area contributed by atoms with Gasteiger partial charge in [-0.25, -0.2) is 9.97 Å². The van der Waals surface area contributed by atoms with Crippen molar-refractivity contribution < 1.29 is 0 Å². The standard InChI is InChI=1S/C14H24N4/c1-3-5-12-13(15)16-10-17-14(12)18(8-4-2)9-11-6-7-11/h10-11H,3-9H2,1-2H3,(H2,15,16,17). The van der Waals surface area contributed by atoms with E-state index < -0.39 is 0 Å². The lowest BCUT2D eigenvalue weighted by Gasteiger charge is -2.25. The fraction of sp³-hybridized carbons (Fsp3) is 0.714. The molecule has 1 fully saturated rings. The SMILES string of the molecule is CCCc1c(N)ncnc1N(CCC)CC1CC1. The highest BCUT2D eigenvalue weighted by Crippen LogP contribution is 2.32. The van der Waals surface area contributed by atoms with Crippen molar-refractivity contribution in [3.8, 4) is 0 Å². The van der Waals surface area contributed by atoms with Crippen LogP contribution in [0.25, 0.3) is 0 Å². The number of aromatic nitrogens is 2. The van der Waals surface area contributed by atoms with Crippen molar-refractivity contribution in [3.63, 3.8) is 0 Å². The van der Waals surface area contributed by atoms with Gasteiger partial charge in [-0.1, -0.05) is 20.3 Å². The number of hydrogen-bond acceptors (Lipinski definition) is 4. The minimum Gasteiger partial charge on any atom is -0.383 e. The summed E-state index contributed by atoms with van der Waals surface area (Å²) in [5.74, 6) is 2.58. The lowest BCUT2D eigenvalue weighted by atomic mass is 10.1. The molecule has 2 rings (SSSR count). The smallest absolute Gasteiger partial charge is 0.137 e. The highest BCUT2D eigenvalue weighted by atomic mass is 15.2. The summed E-state index contributed by atoms with van der Waals surface area (Å²) in [6.07, 6.45) is 7.51. The van der Waals surface area contributed by atoms with Crippen LogP contribution in [-0.4, -0.2) is 23.1 Å². The lowest BCUT2D eigenvalue weighted by molar-refractivity contribution is 0.691. The predicted molar refractivity (Wildman–Crippen MR) is 75.7 cm³/mol. The largest absolute Gasteiger partial charge is 0.383 e. The van der Waals surface area contributed by atoms with Gasteiger partial charge in [-0.15, -0.1) is 0 Å². The maximum Gasteiger partial charge on any atom is 0.137 e. The van der Waals surface area contributed by atoms with Crippen LogP contribution in [0, 0.1) is 5.92 Å². The van der Waals surface area contributed by atoms with E-state index in [0.29, 0.717) is 5.82 Å². The molecule has 18 heavy (non-hydrogen) atoms. The number of hydrogen-bond donors (Lipinski definition) is 1. The monoisotopic (exact) mass is 248 g/mol. The second kappa shape index (κ2) is 6.03. The third-order valence-corrected chi connectivity index (χ3v) is 3.42. The van der Waals surface area contributed by atoms with Gasteiger partial charge in [0.1, 0.15) is 18.0 Å². The van der Waals surface area contributed by atoms with Crippen LogP contribution >= 0.6 is 0 Å². The van der Waals surface area contributed by atoms with Crippen molar-refractivity contribution in [1.29, 1.82) is 0 Å². The summed E-state index contributed by atoms with van der Waals surface area (Å²) in [6.45, 7) is 6.57. The predicted octanol–water partition coefficient (Wildman–Crippen LogP) is 2.64. The van der Waals surface area contributed by atoms with Crippen molar-refractivity contribution in [3.05, 3.63) is 11.9 Å². The highest BCUT2D eigenvalue weighted by Gasteiger charge is 2.26. The molecular formula is C14H24N4. The van der Waals surface area contributed by atoms with E-state index in [1.807, 2.05) is 0 Å². The number of rotatable bonds is 7. The molecular weight excluding hydrogens is 224 g/mol. The molecule has 2 N–H and O–H groups in total. The van der Waals surface area contributed by atoms with Crippen LogP contribution in [0.4, 0.5) is 11.6 Å². The molecule has 0 bridgehead atoms. The van der Waals surface area contributed by atoms with E-state index in [1.54, 1.807) is 6.33 Å². The highest BCUT2D eigenvalue weighted by molar-refractivity contribution is 5.56. The van der Waals surface area contributed by atoms with Crippen LogP contribution in [0.5, 0.6) is 0 Å². The zero-order valence-corrected chi connectivity index (χ0v) is 11.5. The van der Waals surface area contributed by atoms with E-state index >= 15 is 0 Å². The molecule has 1 aromatic heterocycles. The van der Waals surface area contributed by atoms with Crippen LogP contribution in [0.1, 0.15) is 45.1 Å². The number of anilines is 2. The first-order valence-electron chi connectivity index (χ1n) is 7.10. The van der Waals surface area contributed by atoms with E-state index in [-0.39, 0.29) is 0 Å². The van der Waals surface area contributed by atoms with Gasteiger partial charge in [0, 0.05) is 18.7 Å². The minimum absolute atomic E-state index is 0.652. The Morgan fingerprint density at radius 2 is 2.06 bits per heavy atom. The molecule has 0 saturated heterocycles. The van der Waals surface area contributed by atoms with E-state index in [4.69, 9.17) is 5.73 Å². The second-order valence-corrected chi connectivity index (χ2v) is 5.20. The Labute approximate surface area is 110 Å². The van der Waals surface area contributed by atoms with Gasteiger partial charge >= 0.3 is 0 Å². The Hall–Kier alpha value is -1.32. The van der Waals surface area contributed by atoms with Gasteiger partial charge < -0.3 is 10.6 Å². The summed E-state index contributed by atoms with van der Waals surface area (Å²) in [7, 11) is 0. The molecule has 0 atom stereocenters. The van der Waals surface area contributed by atoms with Gasteiger partial charge in [-0.3, -0.25) is 0 Å². The number of nitrogens with zero attached hydrogens (tertiary/aromatic N) is 3.